The molecule has 7 nitrogen and oxygen atoms in total. The monoisotopic (exact) mass is 326 g/mol. The highest BCUT2D eigenvalue weighted by molar-refractivity contribution is 7.89. The fourth-order valence-corrected chi connectivity index (χ4v) is 3.58. The van der Waals surface area contributed by atoms with E-state index in [1.54, 1.807) is 12.1 Å². The lowest BCUT2D eigenvalue weighted by molar-refractivity contribution is -0.142. The van der Waals surface area contributed by atoms with Crippen molar-refractivity contribution in [1.82, 2.24) is 9.62 Å². The Morgan fingerprint density at radius 1 is 1.27 bits per heavy atom. The van der Waals surface area contributed by atoms with Crippen LogP contribution < -0.4 is 5.32 Å². The molecule has 1 saturated heterocycles. The van der Waals surface area contributed by atoms with Gasteiger partial charge in [-0.25, -0.2) is 8.42 Å². The number of hydrogen-bond acceptors (Lipinski definition) is 4. The maximum Gasteiger partial charge on any atom is 0.325 e. The van der Waals surface area contributed by atoms with Gasteiger partial charge >= 0.3 is 5.97 Å². The van der Waals surface area contributed by atoms with E-state index in [0.29, 0.717) is 0 Å². The number of carbonyl (C=O) groups is 2. The molecule has 1 aliphatic rings. The van der Waals surface area contributed by atoms with Gasteiger partial charge in [-0.3, -0.25) is 9.59 Å². The fraction of sp³-hybridized carbons (Fsp3) is 0.429. The number of sulfonamides is 1. The molecule has 1 fully saturated rings. The van der Waals surface area contributed by atoms with Crippen LogP contribution in [0.3, 0.4) is 0 Å². The first-order valence-corrected chi connectivity index (χ1v) is 8.26. The number of carboxylic acid groups (broad SMARTS) is 1. The molecule has 0 radical (unpaired) electrons. The van der Waals surface area contributed by atoms with Crippen molar-refractivity contribution in [1.29, 1.82) is 0 Å². The number of hydrogen-bond donors (Lipinski definition) is 2. The van der Waals surface area contributed by atoms with Crippen LogP contribution in [0.4, 0.5) is 0 Å². The number of amides is 1. The average molecular weight is 326 g/mol. The van der Waals surface area contributed by atoms with E-state index in [2.05, 4.69) is 5.32 Å². The lowest BCUT2D eigenvalue weighted by Crippen LogP contribution is -2.57. The number of aliphatic carboxylic acids is 1. The highest BCUT2D eigenvalue weighted by atomic mass is 32.2. The third-order valence-electron chi connectivity index (χ3n) is 3.61. The largest absolute Gasteiger partial charge is 0.480 e. The number of carboxylic acids is 1. The molecule has 1 heterocycles. The molecule has 1 aliphatic heterocycles. The highest BCUT2D eigenvalue weighted by Crippen LogP contribution is 2.25. The van der Waals surface area contributed by atoms with E-state index in [1.165, 1.54) is 23.4 Å². The molecule has 1 unspecified atom stereocenters. The quantitative estimate of drug-likeness (QED) is 0.805. The molecule has 2 rings (SSSR count). The van der Waals surface area contributed by atoms with Crippen LogP contribution >= 0.6 is 0 Å². The van der Waals surface area contributed by atoms with Crippen molar-refractivity contribution in [3.63, 3.8) is 0 Å². The summed E-state index contributed by atoms with van der Waals surface area (Å²) in [5.41, 5.74) is 0.961. The van der Waals surface area contributed by atoms with Gasteiger partial charge < -0.3 is 10.4 Å². The second-order valence-corrected chi connectivity index (χ2v) is 7.34. The molecule has 1 aromatic carbocycles. The van der Waals surface area contributed by atoms with Crippen molar-refractivity contribution >= 4 is 21.9 Å². The van der Waals surface area contributed by atoms with Crippen LogP contribution in [0.15, 0.2) is 29.2 Å². The van der Waals surface area contributed by atoms with E-state index < -0.39 is 33.9 Å². The van der Waals surface area contributed by atoms with Gasteiger partial charge in [0.1, 0.15) is 6.04 Å². The standard InChI is InChI=1S/C14H18N2O5S/c1-9-3-5-12(6-4-9)22(20,21)16-7-11(8-16)13(17)15-10(2)14(18)19/h3-6,10-11H,7-8H2,1-2H3,(H,15,17)(H,18,19). The first-order valence-electron chi connectivity index (χ1n) is 6.82. The number of benzene rings is 1. The Morgan fingerprint density at radius 2 is 1.82 bits per heavy atom. The van der Waals surface area contributed by atoms with E-state index in [-0.39, 0.29) is 18.0 Å². The minimum Gasteiger partial charge on any atom is -0.480 e. The molecule has 0 spiro atoms. The van der Waals surface area contributed by atoms with Crippen LogP contribution in [0.1, 0.15) is 12.5 Å². The molecular weight excluding hydrogens is 308 g/mol. The van der Waals surface area contributed by atoms with Gasteiger partial charge in [-0.05, 0) is 26.0 Å². The summed E-state index contributed by atoms with van der Waals surface area (Å²) in [6, 6.07) is 5.50. The van der Waals surface area contributed by atoms with E-state index >= 15 is 0 Å². The summed E-state index contributed by atoms with van der Waals surface area (Å²) in [7, 11) is -3.59. The second-order valence-electron chi connectivity index (χ2n) is 5.40. The van der Waals surface area contributed by atoms with Crippen LogP contribution in [-0.4, -0.2) is 48.8 Å². The zero-order valence-corrected chi connectivity index (χ0v) is 13.1. The summed E-state index contributed by atoms with van der Waals surface area (Å²) >= 11 is 0. The van der Waals surface area contributed by atoms with Gasteiger partial charge in [0, 0.05) is 13.1 Å². The Kier molecular flexibility index (Phi) is 4.52. The minimum atomic E-state index is -3.59. The molecule has 22 heavy (non-hydrogen) atoms. The van der Waals surface area contributed by atoms with Crippen LogP contribution in [0.25, 0.3) is 0 Å². The van der Waals surface area contributed by atoms with Crippen LogP contribution in [0, 0.1) is 12.8 Å². The fourth-order valence-electron chi connectivity index (χ4n) is 2.05. The summed E-state index contributed by atoms with van der Waals surface area (Å²) in [5, 5.41) is 11.1. The highest BCUT2D eigenvalue weighted by Gasteiger charge is 2.40. The summed E-state index contributed by atoms with van der Waals surface area (Å²) < 4.78 is 25.9. The molecule has 1 aromatic rings. The molecule has 120 valence electrons. The summed E-state index contributed by atoms with van der Waals surface area (Å²) in [6.07, 6.45) is 0. The van der Waals surface area contributed by atoms with Crippen molar-refractivity contribution in [2.45, 2.75) is 24.8 Å². The van der Waals surface area contributed by atoms with E-state index in [4.69, 9.17) is 5.11 Å². The van der Waals surface area contributed by atoms with Crippen LogP contribution in [-0.2, 0) is 19.6 Å². The first kappa shape index (κ1) is 16.4. The number of nitrogens with one attached hydrogen (secondary N) is 1. The van der Waals surface area contributed by atoms with E-state index in [0.717, 1.165) is 5.56 Å². The second kappa shape index (κ2) is 6.05. The van der Waals surface area contributed by atoms with Gasteiger partial charge in [0.2, 0.25) is 15.9 Å². The molecule has 0 saturated carbocycles. The van der Waals surface area contributed by atoms with Crippen molar-refractivity contribution in [2.24, 2.45) is 5.92 Å². The molecule has 0 aliphatic carbocycles. The maximum atomic E-state index is 12.3. The maximum absolute atomic E-state index is 12.3. The molecule has 1 amide bonds. The molecule has 1 atom stereocenters. The third kappa shape index (κ3) is 3.28. The molecule has 8 heteroatoms. The number of nitrogens with zero attached hydrogens (tertiary/aromatic N) is 1. The number of aryl methyl sites for hydroxylation is 1. The number of rotatable bonds is 5. The van der Waals surface area contributed by atoms with Crippen molar-refractivity contribution in [3.8, 4) is 0 Å². The van der Waals surface area contributed by atoms with Crippen molar-refractivity contribution < 1.29 is 23.1 Å². The van der Waals surface area contributed by atoms with Crippen molar-refractivity contribution in [3.05, 3.63) is 29.8 Å². The zero-order chi connectivity index (χ0) is 16.5. The van der Waals surface area contributed by atoms with Gasteiger partial charge in [0.15, 0.2) is 0 Å². The van der Waals surface area contributed by atoms with E-state index in [1.807, 2.05) is 6.92 Å². The summed E-state index contributed by atoms with van der Waals surface area (Å²) in [4.78, 5) is 22.7. The van der Waals surface area contributed by atoms with Gasteiger partial charge in [0.05, 0.1) is 10.8 Å². The summed E-state index contributed by atoms with van der Waals surface area (Å²) in [5.74, 6) is -2.08. The van der Waals surface area contributed by atoms with Gasteiger partial charge in [0.25, 0.3) is 0 Å². The van der Waals surface area contributed by atoms with Gasteiger partial charge in [-0.1, -0.05) is 17.7 Å². The molecule has 2 N–H and O–H groups in total. The van der Waals surface area contributed by atoms with E-state index in [9.17, 15) is 18.0 Å². The molecule has 0 bridgehead atoms. The van der Waals surface area contributed by atoms with Gasteiger partial charge in [-0.2, -0.15) is 4.31 Å². The topological polar surface area (TPSA) is 104 Å². The van der Waals surface area contributed by atoms with Crippen LogP contribution in [0.2, 0.25) is 0 Å². The normalized spacial score (nSPS) is 17.5. The molecule has 0 aromatic heterocycles. The zero-order valence-electron chi connectivity index (χ0n) is 12.3. The Balaban J connectivity index is 1.97. The first-order chi connectivity index (χ1) is 10.2. The Bertz CT molecular complexity index is 678. The SMILES string of the molecule is Cc1ccc(S(=O)(=O)N2CC(C(=O)NC(C)C(=O)O)C2)cc1. The third-order valence-corrected chi connectivity index (χ3v) is 5.45. The summed E-state index contributed by atoms with van der Waals surface area (Å²) in [6.45, 7) is 3.35. The predicted octanol–water partition coefficient (Wildman–Crippen LogP) is 0.205. The smallest absolute Gasteiger partial charge is 0.325 e. The molecular formula is C14H18N2O5S. The Hall–Kier alpha value is -1.93. The lowest BCUT2D eigenvalue weighted by atomic mass is 10.0. The van der Waals surface area contributed by atoms with Gasteiger partial charge in [-0.15, -0.1) is 0 Å². The Morgan fingerprint density at radius 3 is 2.32 bits per heavy atom. The predicted molar refractivity (Wildman–Crippen MR) is 78.7 cm³/mol. The van der Waals surface area contributed by atoms with Crippen molar-refractivity contribution in [2.75, 3.05) is 13.1 Å². The minimum absolute atomic E-state index is 0.0639. The van der Waals surface area contributed by atoms with Crippen LogP contribution in [0.5, 0.6) is 0 Å². The number of carbonyl (C=O) groups excluding carboxylic acids is 1. The average Bonchev–Trinajstić information content (AvgIpc) is 2.36. The lowest BCUT2D eigenvalue weighted by Gasteiger charge is -2.37. The Labute approximate surface area is 129 Å².